The zero-order chi connectivity index (χ0) is 20.0. The molecular formula is C20H16N3NaO4S. The number of carbonyl (C=O) groups is 1. The number of rotatable bonds is 4. The van der Waals surface area contributed by atoms with Crippen LogP contribution in [0.2, 0.25) is 0 Å². The second-order valence-corrected chi connectivity index (χ2v) is 7.51. The van der Waals surface area contributed by atoms with Crippen LogP contribution in [0.1, 0.15) is 27.7 Å². The Morgan fingerprint density at radius 3 is 2.62 bits per heavy atom. The quantitative estimate of drug-likeness (QED) is 0.369. The van der Waals surface area contributed by atoms with Crippen LogP contribution in [0.4, 0.5) is 0 Å². The molecule has 0 unspecified atom stereocenters. The van der Waals surface area contributed by atoms with Gasteiger partial charge in [0.1, 0.15) is 4.83 Å². The van der Waals surface area contributed by atoms with Crippen LogP contribution in [0, 0.1) is 0 Å². The Labute approximate surface area is 191 Å². The number of benzene rings is 1. The number of carboxylic acids is 1. The van der Waals surface area contributed by atoms with Crippen molar-refractivity contribution in [2.75, 3.05) is 0 Å². The van der Waals surface area contributed by atoms with E-state index in [1.807, 2.05) is 30.3 Å². The first kappa shape index (κ1) is 21.4. The average Bonchev–Trinajstić information content (AvgIpc) is 3.06. The van der Waals surface area contributed by atoms with Gasteiger partial charge in [-0.2, -0.15) is 0 Å². The molecule has 0 aliphatic heterocycles. The van der Waals surface area contributed by atoms with Crippen LogP contribution in [-0.4, -0.2) is 20.1 Å². The topological polar surface area (TPSA) is 97.0 Å². The zero-order valence-electron chi connectivity index (χ0n) is 16.3. The summed E-state index contributed by atoms with van der Waals surface area (Å²) < 4.78 is 2.36. The first-order chi connectivity index (χ1) is 13.4. The number of para-hydroxylation sites is 1. The molecule has 4 rings (SSSR count). The van der Waals surface area contributed by atoms with Crippen molar-refractivity contribution >= 4 is 38.4 Å². The van der Waals surface area contributed by atoms with E-state index in [0.29, 0.717) is 22.7 Å². The van der Waals surface area contributed by atoms with Crippen molar-refractivity contribution in [3.63, 3.8) is 0 Å². The number of aromatic nitrogens is 3. The second kappa shape index (κ2) is 8.23. The molecule has 0 aliphatic rings. The van der Waals surface area contributed by atoms with E-state index in [1.54, 1.807) is 13.1 Å². The van der Waals surface area contributed by atoms with Gasteiger partial charge in [0.2, 0.25) is 0 Å². The largest absolute Gasteiger partial charge is 1.00 e. The number of carboxylic acid groups (broad SMARTS) is 1. The van der Waals surface area contributed by atoms with Crippen LogP contribution in [0.25, 0.3) is 21.1 Å². The van der Waals surface area contributed by atoms with Gasteiger partial charge in [-0.05, 0) is 24.6 Å². The van der Waals surface area contributed by atoms with E-state index in [2.05, 4.69) is 4.98 Å². The van der Waals surface area contributed by atoms with E-state index in [0.717, 1.165) is 32.4 Å². The molecule has 0 amide bonds. The molecule has 1 aromatic carbocycles. The standard InChI is InChI=1S/C20H17N3O4S.Na/c1-3-23-18-16(17(24)22(2)20(23)27)15(19(25)26)14(28-18)10-11-8-9-21-13-7-5-4-6-12(11)13;/h4-9H,3,10H2,1-2H3,(H,25,26);/q;+1/p-1. The second-order valence-electron chi connectivity index (χ2n) is 6.42. The van der Waals surface area contributed by atoms with Gasteiger partial charge in [-0.15, -0.1) is 11.3 Å². The summed E-state index contributed by atoms with van der Waals surface area (Å²) in [5.74, 6) is -1.42. The maximum atomic E-state index is 12.7. The molecule has 0 saturated carbocycles. The summed E-state index contributed by atoms with van der Waals surface area (Å²) in [6.07, 6.45) is 1.97. The van der Waals surface area contributed by atoms with Gasteiger partial charge < -0.3 is 9.90 Å². The SMILES string of the molecule is CCn1c(=O)n(C)c(=O)c2c(C(=O)[O-])c(Cc3ccnc4ccccc34)sc21.[Na+]. The summed E-state index contributed by atoms with van der Waals surface area (Å²) in [6.45, 7) is 2.11. The minimum atomic E-state index is -1.42. The van der Waals surface area contributed by atoms with Crippen molar-refractivity contribution in [1.82, 2.24) is 14.1 Å². The van der Waals surface area contributed by atoms with Crippen molar-refractivity contribution in [2.24, 2.45) is 7.05 Å². The van der Waals surface area contributed by atoms with Gasteiger partial charge in [-0.25, -0.2) is 4.79 Å². The molecule has 29 heavy (non-hydrogen) atoms. The van der Waals surface area contributed by atoms with Crippen molar-refractivity contribution in [2.45, 2.75) is 19.9 Å². The van der Waals surface area contributed by atoms with Crippen LogP contribution < -0.4 is 45.9 Å². The number of aryl methyl sites for hydroxylation is 1. The van der Waals surface area contributed by atoms with Gasteiger partial charge in [0.15, 0.2) is 0 Å². The van der Waals surface area contributed by atoms with Gasteiger partial charge in [-0.1, -0.05) is 18.2 Å². The molecule has 142 valence electrons. The minimum Gasteiger partial charge on any atom is -0.545 e. The predicted molar refractivity (Wildman–Crippen MR) is 106 cm³/mol. The molecule has 3 heterocycles. The number of hydrogen-bond donors (Lipinski definition) is 0. The van der Waals surface area contributed by atoms with Crippen molar-refractivity contribution in [1.29, 1.82) is 0 Å². The Morgan fingerprint density at radius 2 is 1.93 bits per heavy atom. The number of thiophene rings is 1. The normalized spacial score (nSPS) is 11.0. The average molecular weight is 417 g/mol. The van der Waals surface area contributed by atoms with E-state index in [-0.39, 0.29) is 40.5 Å². The Balaban J connectivity index is 0.00000240. The predicted octanol–water partition coefficient (Wildman–Crippen LogP) is -1.71. The molecule has 4 aromatic rings. The van der Waals surface area contributed by atoms with Crippen molar-refractivity contribution < 1.29 is 39.5 Å². The Kier molecular flexibility index (Phi) is 6.09. The molecule has 7 nitrogen and oxygen atoms in total. The molecule has 0 fully saturated rings. The molecular weight excluding hydrogens is 401 g/mol. The fraction of sp³-hybridized carbons (Fsp3) is 0.200. The monoisotopic (exact) mass is 417 g/mol. The molecule has 0 bridgehead atoms. The van der Waals surface area contributed by atoms with E-state index in [9.17, 15) is 19.5 Å². The molecule has 0 radical (unpaired) electrons. The molecule has 3 aromatic heterocycles. The molecule has 0 aliphatic carbocycles. The van der Waals surface area contributed by atoms with Gasteiger partial charge >= 0.3 is 35.2 Å². The van der Waals surface area contributed by atoms with Crippen LogP contribution in [0.3, 0.4) is 0 Å². The molecule has 0 N–H and O–H groups in total. The summed E-state index contributed by atoms with van der Waals surface area (Å²) in [6, 6.07) is 9.41. The van der Waals surface area contributed by atoms with Crippen LogP contribution in [0.15, 0.2) is 46.1 Å². The Bertz CT molecular complexity index is 1360. The van der Waals surface area contributed by atoms with E-state index < -0.39 is 17.2 Å². The first-order valence-electron chi connectivity index (χ1n) is 8.73. The maximum Gasteiger partial charge on any atom is 1.00 e. The molecule has 0 saturated heterocycles. The molecule has 0 atom stereocenters. The maximum absolute atomic E-state index is 12.7. The summed E-state index contributed by atoms with van der Waals surface area (Å²) in [5, 5.41) is 12.9. The molecule has 0 spiro atoms. The summed E-state index contributed by atoms with van der Waals surface area (Å²) in [5.41, 5.74) is 0.473. The number of carbonyl (C=O) groups excluding carboxylic acids is 1. The van der Waals surface area contributed by atoms with E-state index in [1.165, 1.54) is 11.6 Å². The number of hydrogen-bond acceptors (Lipinski definition) is 6. The van der Waals surface area contributed by atoms with Gasteiger partial charge in [0.25, 0.3) is 5.56 Å². The van der Waals surface area contributed by atoms with Gasteiger partial charge in [-0.3, -0.25) is 18.9 Å². The minimum absolute atomic E-state index is 0. The third kappa shape index (κ3) is 3.46. The van der Waals surface area contributed by atoms with E-state index in [4.69, 9.17) is 0 Å². The van der Waals surface area contributed by atoms with Crippen LogP contribution >= 0.6 is 11.3 Å². The Morgan fingerprint density at radius 1 is 1.21 bits per heavy atom. The fourth-order valence-electron chi connectivity index (χ4n) is 3.48. The zero-order valence-corrected chi connectivity index (χ0v) is 19.1. The number of pyridine rings is 1. The van der Waals surface area contributed by atoms with E-state index >= 15 is 0 Å². The van der Waals surface area contributed by atoms with Crippen LogP contribution in [0.5, 0.6) is 0 Å². The molecule has 9 heteroatoms. The number of fused-ring (bicyclic) bond motifs is 2. The summed E-state index contributed by atoms with van der Waals surface area (Å²) in [4.78, 5) is 42.2. The summed E-state index contributed by atoms with van der Waals surface area (Å²) >= 11 is 1.15. The van der Waals surface area contributed by atoms with Gasteiger partial charge in [0.05, 0.1) is 16.9 Å². The van der Waals surface area contributed by atoms with Crippen LogP contribution in [-0.2, 0) is 20.0 Å². The van der Waals surface area contributed by atoms with Gasteiger partial charge in [0, 0.05) is 42.0 Å². The van der Waals surface area contributed by atoms with Crippen molar-refractivity contribution in [3.8, 4) is 0 Å². The Hall–Kier alpha value is -2.26. The third-order valence-electron chi connectivity index (χ3n) is 4.85. The smallest absolute Gasteiger partial charge is 0.545 e. The summed E-state index contributed by atoms with van der Waals surface area (Å²) in [7, 11) is 1.35. The number of aromatic carboxylic acids is 1. The fourth-order valence-corrected chi connectivity index (χ4v) is 4.83. The van der Waals surface area contributed by atoms with Crippen molar-refractivity contribution in [3.05, 3.63) is 73.4 Å². The first-order valence-corrected chi connectivity index (χ1v) is 9.54. The third-order valence-corrected chi connectivity index (χ3v) is 6.07. The number of nitrogens with zero attached hydrogens (tertiary/aromatic N) is 3.